The third kappa shape index (κ3) is 4.06. The zero-order valence-electron chi connectivity index (χ0n) is 10.8. The summed E-state index contributed by atoms with van der Waals surface area (Å²) in [7, 11) is 0. The maximum atomic E-state index is 11.9. The lowest BCUT2D eigenvalue weighted by Gasteiger charge is -2.06. The molecule has 1 heterocycles. The molecule has 4 nitrogen and oxygen atoms in total. The van der Waals surface area contributed by atoms with Crippen LogP contribution in [0.15, 0.2) is 35.2 Å². The molecule has 0 radical (unpaired) electrons. The van der Waals surface area contributed by atoms with Gasteiger partial charge in [-0.3, -0.25) is 4.79 Å². The number of thiazole rings is 1. The molecule has 5 heteroatoms. The second-order valence-electron chi connectivity index (χ2n) is 4.09. The normalized spacial score (nSPS) is 10.2. The molecule has 0 aliphatic carbocycles. The summed E-state index contributed by atoms with van der Waals surface area (Å²) < 4.78 is 0. The van der Waals surface area contributed by atoms with Gasteiger partial charge in [-0.1, -0.05) is 0 Å². The molecule has 0 unspecified atom stereocenters. The fourth-order valence-electron chi connectivity index (χ4n) is 1.71. The molecule has 0 fully saturated rings. The van der Waals surface area contributed by atoms with Crippen LogP contribution in [0.2, 0.25) is 0 Å². The number of hydrogen-bond donors (Lipinski definition) is 2. The van der Waals surface area contributed by atoms with Crippen molar-refractivity contribution in [2.75, 3.05) is 18.4 Å². The molecule has 0 spiro atoms. The van der Waals surface area contributed by atoms with Gasteiger partial charge in [0.1, 0.15) is 0 Å². The molecule has 0 saturated heterocycles. The van der Waals surface area contributed by atoms with Gasteiger partial charge < -0.3 is 10.6 Å². The molecule has 2 rings (SSSR count). The van der Waals surface area contributed by atoms with E-state index in [1.807, 2.05) is 36.6 Å². The van der Waals surface area contributed by atoms with Gasteiger partial charge in [-0.25, -0.2) is 4.98 Å². The van der Waals surface area contributed by atoms with E-state index in [4.69, 9.17) is 0 Å². The van der Waals surface area contributed by atoms with Crippen LogP contribution in [0.1, 0.15) is 23.0 Å². The predicted octanol–water partition coefficient (Wildman–Crippen LogP) is 2.55. The average molecular weight is 275 g/mol. The first kappa shape index (κ1) is 13.5. The Morgan fingerprint density at radius 3 is 2.74 bits per heavy atom. The fraction of sp³-hybridized carbons (Fsp3) is 0.286. The Morgan fingerprint density at radius 2 is 2.11 bits per heavy atom. The summed E-state index contributed by atoms with van der Waals surface area (Å²) in [5.74, 6) is -0.0433. The van der Waals surface area contributed by atoms with Crippen molar-refractivity contribution in [2.45, 2.75) is 13.3 Å². The van der Waals surface area contributed by atoms with Crippen LogP contribution in [-0.2, 0) is 6.42 Å². The SMILES string of the molecule is CCNc1ccc(C(=O)NCCc2cscn2)cc1. The quantitative estimate of drug-likeness (QED) is 0.852. The monoisotopic (exact) mass is 275 g/mol. The van der Waals surface area contributed by atoms with Crippen LogP contribution in [-0.4, -0.2) is 24.0 Å². The van der Waals surface area contributed by atoms with E-state index in [-0.39, 0.29) is 5.91 Å². The maximum Gasteiger partial charge on any atom is 0.251 e. The second-order valence-corrected chi connectivity index (χ2v) is 4.81. The molecule has 2 aromatic rings. The highest BCUT2D eigenvalue weighted by Gasteiger charge is 2.04. The summed E-state index contributed by atoms with van der Waals surface area (Å²) in [6.07, 6.45) is 0.769. The number of nitrogens with zero attached hydrogens (tertiary/aromatic N) is 1. The molecule has 0 bridgehead atoms. The Bertz CT molecular complexity index is 508. The summed E-state index contributed by atoms with van der Waals surface area (Å²) in [4.78, 5) is 16.1. The van der Waals surface area contributed by atoms with Crippen LogP contribution in [0.5, 0.6) is 0 Å². The molecule has 1 aromatic heterocycles. The van der Waals surface area contributed by atoms with Gasteiger partial charge in [-0.05, 0) is 31.2 Å². The summed E-state index contributed by atoms with van der Waals surface area (Å²) >= 11 is 1.57. The number of aromatic nitrogens is 1. The van der Waals surface area contributed by atoms with Gasteiger partial charge >= 0.3 is 0 Å². The van der Waals surface area contributed by atoms with Gasteiger partial charge in [0.2, 0.25) is 0 Å². The van der Waals surface area contributed by atoms with E-state index in [2.05, 4.69) is 15.6 Å². The minimum atomic E-state index is -0.0433. The first-order chi connectivity index (χ1) is 9.29. The summed E-state index contributed by atoms with van der Waals surface area (Å²) in [6.45, 7) is 3.52. The van der Waals surface area contributed by atoms with Crippen LogP contribution >= 0.6 is 11.3 Å². The maximum absolute atomic E-state index is 11.9. The highest BCUT2D eigenvalue weighted by Crippen LogP contribution is 2.09. The van der Waals surface area contributed by atoms with Gasteiger partial charge in [-0.2, -0.15) is 0 Å². The number of rotatable bonds is 6. The van der Waals surface area contributed by atoms with Gasteiger partial charge in [0.15, 0.2) is 0 Å². The summed E-state index contributed by atoms with van der Waals surface area (Å²) in [5.41, 5.74) is 4.53. The zero-order valence-corrected chi connectivity index (χ0v) is 11.7. The van der Waals surface area contributed by atoms with Crippen molar-refractivity contribution in [3.8, 4) is 0 Å². The molecule has 100 valence electrons. The third-order valence-electron chi connectivity index (χ3n) is 2.68. The van der Waals surface area contributed by atoms with Crippen LogP contribution in [0, 0.1) is 0 Å². The Kier molecular flexibility index (Phi) is 4.92. The lowest BCUT2D eigenvalue weighted by Crippen LogP contribution is -2.25. The Balaban J connectivity index is 1.82. The summed E-state index contributed by atoms with van der Waals surface area (Å²) in [6, 6.07) is 7.49. The van der Waals surface area contributed by atoms with E-state index in [0.29, 0.717) is 12.1 Å². The van der Waals surface area contributed by atoms with Crippen molar-refractivity contribution in [3.63, 3.8) is 0 Å². The Labute approximate surface area is 116 Å². The summed E-state index contributed by atoms with van der Waals surface area (Å²) in [5, 5.41) is 8.09. The topological polar surface area (TPSA) is 54.0 Å². The highest BCUT2D eigenvalue weighted by molar-refractivity contribution is 7.07. The van der Waals surface area contributed by atoms with Gasteiger partial charge in [-0.15, -0.1) is 11.3 Å². The lowest BCUT2D eigenvalue weighted by molar-refractivity contribution is 0.0954. The van der Waals surface area contributed by atoms with Crippen molar-refractivity contribution in [3.05, 3.63) is 46.4 Å². The van der Waals surface area contributed by atoms with E-state index in [1.54, 1.807) is 16.8 Å². The van der Waals surface area contributed by atoms with Gasteiger partial charge in [0.05, 0.1) is 11.2 Å². The number of benzene rings is 1. The third-order valence-corrected chi connectivity index (χ3v) is 3.31. The number of hydrogen-bond acceptors (Lipinski definition) is 4. The molecule has 19 heavy (non-hydrogen) atoms. The highest BCUT2D eigenvalue weighted by atomic mass is 32.1. The Morgan fingerprint density at radius 1 is 1.32 bits per heavy atom. The van der Waals surface area contributed by atoms with Gasteiger partial charge in [0.25, 0.3) is 5.91 Å². The first-order valence-electron chi connectivity index (χ1n) is 6.29. The van der Waals surface area contributed by atoms with Crippen molar-refractivity contribution < 1.29 is 4.79 Å². The van der Waals surface area contributed by atoms with E-state index in [0.717, 1.165) is 24.3 Å². The number of amides is 1. The van der Waals surface area contributed by atoms with E-state index in [1.165, 1.54) is 0 Å². The van der Waals surface area contributed by atoms with Crippen LogP contribution in [0.25, 0.3) is 0 Å². The van der Waals surface area contributed by atoms with Crippen molar-refractivity contribution in [1.29, 1.82) is 0 Å². The van der Waals surface area contributed by atoms with E-state index >= 15 is 0 Å². The Hall–Kier alpha value is -1.88. The smallest absolute Gasteiger partial charge is 0.251 e. The molecule has 0 saturated carbocycles. The molecule has 1 amide bonds. The number of nitrogens with one attached hydrogen (secondary N) is 2. The zero-order chi connectivity index (χ0) is 13.5. The molecular formula is C14H17N3OS. The predicted molar refractivity (Wildman–Crippen MR) is 78.8 cm³/mol. The number of anilines is 1. The molecular weight excluding hydrogens is 258 g/mol. The molecule has 0 aliphatic rings. The van der Waals surface area contributed by atoms with Crippen molar-refractivity contribution in [1.82, 2.24) is 10.3 Å². The van der Waals surface area contributed by atoms with E-state index in [9.17, 15) is 4.79 Å². The van der Waals surface area contributed by atoms with Gasteiger partial charge in [0, 0.05) is 36.1 Å². The largest absolute Gasteiger partial charge is 0.385 e. The van der Waals surface area contributed by atoms with Crippen molar-refractivity contribution >= 4 is 22.9 Å². The molecule has 0 atom stereocenters. The number of carbonyl (C=O) groups excluding carboxylic acids is 1. The van der Waals surface area contributed by atoms with Crippen LogP contribution < -0.4 is 10.6 Å². The minimum absolute atomic E-state index is 0.0433. The molecule has 2 N–H and O–H groups in total. The average Bonchev–Trinajstić information content (AvgIpc) is 2.93. The second kappa shape index (κ2) is 6.89. The fourth-order valence-corrected chi connectivity index (χ4v) is 2.30. The van der Waals surface area contributed by atoms with E-state index < -0.39 is 0 Å². The van der Waals surface area contributed by atoms with Crippen LogP contribution in [0.4, 0.5) is 5.69 Å². The lowest BCUT2D eigenvalue weighted by atomic mass is 10.2. The van der Waals surface area contributed by atoms with Crippen LogP contribution in [0.3, 0.4) is 0 Å². The molecule has 1 aromatic carbocycles. The standard InChI is InChI=1S/C14H17N3OS/c1-2-15-12-5-3-11(4-6-12)14(18)16-8-7-13-9-19-10-17-13/h3-6,9-10,15H,2,7-8H2,1H3,(H,16,18). The number of carbonyl (C=O) groups is 1. The molecule has 0 aliphatic heterocycles. The minimum Gasteiger partial charge on any atom is -0.385 e. The van der Waals surface area contributed by atoms with Crippen molar-refractivity contribution in [2.24, 2.45) is 0 Å². The first-order valence-corrected chi connectivity index (χ1v) is 7.23.